The zero-order valence-electron chi connectivity index (χ0n) is 21.7. The SMILES string of the molecule is CCC(c1nc2ccccc2c(=O)n1-c1ccc(Br)cc1)N1CCN(S(=O)(=O)c2ccc(C)cc2)C(C)C1. The zero-order valence-corrected chi connectivity index (χ0v) is 24.1. The van der Waals surface area contributed by atoms with Crippen LogP contribution in [0.15, 0.2) is 87.0 Å². The van der Waals surface area contributed by atoms with Crippen LogP contribution in [0.3, 0.4) is 0 Å². The Morgan fingerprint density at radius 2 is 1.68 bits per heavy atom. The normalized spacial score (nSPS) is 18.1. The lowest BCUT2D eigenvalue weighted by molar-refractivity contribution is 0.0945. The van der Waals surface area contributed by atoms with E-state index in [1.54, 1.807) is 21.0 Å². The van der Waals surface area contributed by atoms with Crippen LogP contribution in [0.1, 0.15) is 37.7 Å². The number of halogens is 1. The fraction of sp³-hybridized carbons (Fsp3) is 0.310. The molecule has 1 saturated heterocycles. The Labute approximate surface area is 231 Å². The number of rotatable bonds is 6. The monoisotopic (exact) mass is 594 g/mol. The molecule has 2 atom stereocenters. The van der Waals surface area contributed by atoms with Crippen molar-refractivity contribution in [2.45, 2.75) is 44.2 Å². The van der Waals surface area contributed by atoms with Gasteiger partial charge in [0.2, 0.25) is 10.0 Å². The van der Waals surface area contributed by atoms with E-state index >= 15 is 0 Å². The number of hydrogen-bond donors (Lipinski definition) is 0. The van der Waals surface area contributed by atoms with E-state index in [2.05, 4.69) is 27.8 Å². The summed E-state index contributed by atoms with van der Waals surface area (Å²) < 4.78 is 31.1. The van der Waals surface area contributed by atoms with Crippen LogP contribution in [0.25, 0.3) is 16.6 Å². The van der Waals surface area contributed by atoms with E-state index in [-0.39, 0.29) is 17.6 Å². The van der Waals surface area contributed by atoms with Gasteiger partial charge >= 0.3 is 0 Å². The van der Waals surface area contributed by atoms with E-state index < -0.39 is 10.0 Å². The second-order valence-electron chi connectivity index (χ2n) is 9.80. The van der Waals surface area contributed by atoms with Crippen LogP contribution in [0.4, 0.5) is 0 Å². The number of para-hydroxylation sites is 1. The standard InChI is InChI=1S/C29H31BrN4O3S/c1-4-27(32-17-18-33(21(3)19-32)38(36,37)24-15-9-20(2)10-16-24)28-31-26-8-6-5-7-25(26)29(35)34(28)23-13-11-22(30)12-14-23/h5-16,21,27H,4,17-19H2,1-3H3. The van der Waals surface area contributed by atoms with Crippen LogP contribution < -0.4 is 5.56 Å². The Kier molecular flexibility index (Phi) is 7.55. The van der Waals surface area contributed by atoms with Crippen molar-refractivity contribution in [1.82, 2.24) is 18.8 Å². The third kappa shape index (κ3) is 4.96. The van der Waals surface area contributed by atoms with Crippen LogP contribution in [-0.2, 0) is 10.0 Å². The number of hydrogen-bond acceptors (Lipinski definition) is 5. The number of nitrogens with zero attached hydrogens (tertiary/aromatic N) is 4. The van der Waals surface area contributed by atoms with Gasteiger partial charge in [0.05, 0.1) is 27.5 Å². The molecule has 38 heavy (non-hydrogen) atoms. The second kappa shape index (κ2) is 10.7. The minimum atomic E-state index is -3.61. The maximum atomic E-state index is 13.8. The molecule has 1 aliphatic heterocycles. The molecule has 1 aromatic heterocycles. The van der Waals surface area contributed by atoms with Crippen LogP contribution >= 0.6 is 15.9 Å². The van der Waals surface area contributed by atoms with Gasteiger partial charge in [-0.1, -0.05) is 52.7 Å². The van der Waals surface area contributed by atoms with E-state index in [1.165, 1.54) is 0 Å². The molecule has 0 bridgehead atoms. The fourth-order valence-electron chi connectivity index (χ4n) is 5.27. The molecule has 9 heteroatoms. The molecule has 1 fully saturated rings. The van der Waals surface area contributed by atoms with Gasteiger partial charge < -0.3 is 0 Å². The van der Waals surface area contributed by atoms with Gasteiger partial charge in [0.1, 0.15) is 5.82 Å². The summed E-state index contributed by atoms with van der Waals surface area (Å²) in [5, 5.41) is 0.566. The highest BCUT2D eigenvalue weighted by Crippen LogP contribution is 2.30. The van der Waals surface area contributed by atoms with Crippen molar-refractivity contribution < 1.29 is 8.42 Å². The van der Waals surface area contributed by atoms with Crippen molar-refractivity contribution in [1.29, 1.82) is 0 Å². The van der Waals surface area contributed by atoms with Crippen molar-refractivity contribution >= 4 is 36.9 Å². The summed E-state index contributed by atoms with van der Waals surface area (Å²) >= 11 is 3.48. The van der Waals surface area contributed by atoms with E-state index in [0.29, 0.717) is 41.3 Å². The predicted octanol–water partition coefficient (Wildman–Crippen LogP) is 5.30. The number of fused-ring (bicyclic) bond motifs is 1. The topological polar surface area (TPSA) is 75.5 Å². The minimum Gasteiger partial charge on any atom is -0.291 e. The van der Waals surface area contributed by atoms with E-state index in [9.17, 15) is 13.2 Å². The Balaban J connectivity index is 1.52. The smallest absolute Gasteiger partial charge is 0.266 e. The van der Waals surface area contributed by atoms with Crippen LogP contribution in [-0.4, -0.2) is 52.9 Å². The van der Waals surface area contributed by atoms with Gasteiger partial charge in [0, 0.05) is 30.1 Å². The molecule has 0 amide bonds. The number of benzene rings is 3. The summed E-state index contributed by atoms with van der Waals surface area (Å²) in [6.07, 6.45) is 0.721. The van der Waals surface area contributed by atoms with Crippen molar-refractivity contribution in [3.8, 4) is 5.69 Å². The minimum absolute atomic E-state index is 0.111. The van der Waals surface area contributed by atoms with Gasteiger partial charge in [-0.15, -0.1) is 0 Å². The summed E-state index contributed by atoms with van der Waals surface area (Å²) in [5.74, 6) is 0.667. The summed E-state index contributed by atoms with van der Waals surface area (Å²) in [5.41, 5.74) is 2.32. The molecule has 0 N–H and O–H groups in total. The molecule has 5 rings (SSSR count). The molecule has 2 unspecified atom stereocenters. The van der Waals surface area contributed by atoms with E-state index in [1.807, 2.05) is 74.5 Å². The van der Waals surface area contributed by atoms with Gasteiger partial charge in [-0.05, 0) is 68.8 Å². The van der Waals surface area contributed by atoms with E-state index in [0.717, 1.165) is 22.1 Å². The first kappa shape index (κ1) is 26.7. The van der Waals surface area contributed by atoms with Gasteiger partial charge in [-0.25, -0.2) is 13.4 Å². The van der Waals surface area contributed by atoms with Gasteiger partial charge in [-0.3, -0.25) is 14.3 Å². The van der Waals surface area contributed by atoms with Crippen molar-refractivity contribution in [2.75, 3.05) is 19.6 Å². The molecular weight excluding hydrogens is 564 g/mol. The Bertz CT molecular complexity index is 1620. The zero-order chi connectivity index (χ0) is 27.0. The van der Waals surface area contributed by atoms with Crippen LogP contribution in [0.5, 0.6) is 0 Å². The van der Waals surface area contributed by atoms with Crippen molar-refractivity contribution in [3.63, 3.8) is 0 Å². The van der Waals surface area contributed by atoms with Gasteiger partial charge in [0.15, 0.2) is 0 Å². The lowest BCUT2D eigenvalue weighted by Gasteiger charge is -2.42. The van der Waals surface area contributed by atoms with Crippen LogP contribution in [0.2, 0.25) is 0 Å². The molecule has 1 aliphatic rings. The molecule has 0 spiro atoms. The second-order valence-corrected chi connectivity index (χ2v) is 12.6. The highest BCUT2D eigenvalue weighted by atomic mass is 79.9. The van der Waals surface area contributed by atoms with Crippen molar-refractivity contribution in [3.05, 3.63) is 99.0 Å². The first-order valence-corrected chi connectivity index (χ1v) is 15.0. The Morgan fingerprint density at radius 3 is 2.34 bits per heavy atom. The number of sulfonamides is 1. The molecule has 0 radical (unpaired) electrons. The van der Waals surface area contributed by atoms with Crippen LogP contribution in [0, 0.1) is 6.92 Å². The van der Waals surface area contributed by atoms with Gasteiger partial charge in [0.25, 0.3) is 5.56 Å². The molecule has 2 heterocycles. The number of piperazine rings is 1. The van der Waals surface area contributed by atoms with Gasteiger partial charge in [-0.2, -0.15) is 4.31 Å². The quantitative estimate of drug-likeness (QED) is 0.303. The average Bonchev–Trinajstić information content (AvgIpc) is 2.90. The summed E-state index contributed by atoms with van der Waals surface area (Å²) in [6.45, 7) is 7.41. The average molecular weight is 596 g/mol. The maximum absolute atomic E-state index is 13.8. The Morgan fingerprint density at radius 1 is 1.00 bits per heavy atom. The summed E-state index contributed by atoms with van der Waals surface area (Å²) in [6, 6.07) is 21.7. The molecule has 7 nitrogen and oxygen atoms in total. The largest absolute Gasteiger partial charge is 0.291 e. The molecule has 0 saturated carbocycles. The van der Waals surface area contributed by atoms with Crippen molar-refractivity contribution in [2.24, 2.45) is 0 Å². The molecule has 4 aromatic rings. The summed E-state index contributed by atoms with van der Waals surface area (Å²) in [7, 11) is -3.61. The predicted molar refractivity (Wildman–Crippen MR) is 154 cm³/mol. The highest BCUT2D eigenvalue weighted by molar-refractivity contribution is 9.10. The maximum Gasteiger partial charge on any atom is 0.266 e. The Hall–Kier alpha value is -2.85. The highest BCUT2D eigenvalue weighted by Gasteiger charge is 2.37. The lowest BCUT2D eigenvalue weighted by atomic mass is 10.1. The third-order valence-corrected chi connectivity index (χ3v) is 9.79. The molecular formula is C29H31BrN4O3S. The number of aromatic nitrogens is 2. The lowest BCUT2D eigenvalue weighted by Crippen LogP contribution is -2.54. The summed E-state index contributed by atoms with van der Waals surface area (Å²) in [4.78, 5) is 21.4. The molecule has 0 aliphatic carbocycles. The van der Waals surface area contributed by atoms with E-state index in [4.69, 9.17) is 4.98 Å². The first-order chi connectivity index (χ1) is 18.2. The fourth-order valence-corrected chi connectivity index (χ4v) is 7.15. The first-order valence-electron chi connectivity index (χ1n) is 12.8. The molecule has 3 aromatic carbocycles. The third-order valence-electron chi connectivity index (χ3n) is 7.24. The number of aryl methyl sites for hydroxylation is 1. The molecule has 198 valence electrons.